The van der Waals surface area contributed by atoms with Crippen LogP contribution in [0, 0.1) is 0 Å². The van der Waals surface area contributed by atoms with E-state index in [4.69, 9.17) is 4.74 Å². The second-order valence-electron chi connectivity index (χ2n) is 5.27. The van der Waals surface area contributed by atoms with E-state index in [0.29, 0.717) is 6.10 Å². The summed E-state index contributed by atoms with van der Waals surface area (Å²) < 4.78 is 5.78. The Morgan fingerprint density at radius 2 is 2.39 bits per heavy atom. The van der Waals surface area contributed by atoms with Gasteiger partial charge in [0.25, 0.3) is 0 Å². The first-order chi connectivity index (χ1) is 8.92. The SMILES string of the molecule is c1csc(CN(CCC2CNCCO2)C2CC2)c1. The summed E-state index contributed by atoms with van der Waals surface area (Å²) in [5.41, 5.74) is 0. The third kappa shape index (κ3) is 3.54. The number of morpholine rings is 1. The molecule has 1 aliphatic carbocycles. The highest BCUT2D eigenvalue weighted by Crippen LogP contribution is 2.29. The van der Waals surface area contributed by atoms with Crippen molar-refractivity contribution >= 4 is 11.3 Å². The molecule has 1 N–H and O–H groups in total. The summed E-state index contributed by atoms with van der Waals surface area (Å²) >= 11 is 1.87. The van der Waals surface area contributed by atoms with Gasteiger partial charge >= 0.3 is 0 Å². The summed E-state index contributed by atoms with van der Waals surface area (Å²) in [5.74, 6) is 0. The van der Waals surface area contributed by atoms with Crippen molar-refractivity contribution in [3.63, 3.8) is 0 Å². The molecule has 18 heavy (non-hydrogen) atoms. The van der Waals surface area contributed by atoms with E-state index in [1.807, 2.05) is 11.3 Å². The van der Waals surface area contributed by atoms with Crippen LogP contribution in [0.2, 0.25) is 0 Å². The average molecular weight is 266 g/mol. The summed E-state index contributed by atoms with van der Waals surface area (Å²) in [6.07, 6.45) is 4.35. The molecule has 2 heterocycles. The van der Waals surface area contributed by atoms with Gasteiger partial charge in [0.15, 0.2) is 0 Å². The van der Waals surface area contributed by atoms with Crippen molar-refractivity contribution in [1.82, 2.24) is 10.2 Å². The lowest BCUT2D eigenvalue weighted by Gasteiger charge is -2.27. The Balaban J connectivity index is 1.47. The van der Waals surface area contributed by atoms with Crippen LogP contribution in [0.25, 0.3) is 0 Å². The van der Waals surface area contributed by atoms with Crippen LogP contribution >= 0.6 is 11.3 Å². The molecule has 100 valence electrons. The topological polar surface area (TPSA) is 24.5 Å². The number of rotatable bonds is 6. The second-order valence-corrected chi connectivity index (χ2v) is 6.30. The molecule has 1 aromatic rings. The molecule has 0 bridgehead atoms. The number of hydrogen-bond acceptors (Lipinski definition) is 4. The largest absolute Gasteiger partial charge is 0.376 e. The second kappa shape index (κ2) is 6.15. The van der Waals surface area contributed by atoms with E-state index in [2.05, 4.69) is 27.7 Å². The zero-order valence-corrected chi connectivity index (χ0v) is 11.6. The van der Waals surface area contributed by atoms with Crippen LogP contribution in [0.3, 0.4) is 0 Å². The molecule has 1 unspecified atom stereocenters. The van der Waals surface area contributed by atoms with Gasteiger partial charge in [-0.1, -0.05) is 6.07 Å². The van der Waals surface area contributed by atoms with Crippen molar-refractivity contribution in [2.24, 2.45) is 0 Å². The van der Waals surface area contributed by atoms with Gasteiger partial charge in [-0.3, -0.25) is 4.90 Å². The molecule has 0 radical (unpaired) electrons. The highest BCUT2D eigenvalue weighted by Gasteiger charge is 2.29. The molecule has 1 atom stereocenters. The number of hydrogen-bond donors (Lipinski definition) is 1. The maximum atomic E-state index is 5.78. The van der Waals surface area contributed by atoms with Gasteiger partial charge in [-0.25, -0.2) is 0 Å². The molecule has 4 heteroatoms. The minimum Gasteiger partial charge on any atom is -0.376 e. The van der Waals surface area contributed by atoms with Gasteiger partial charge in [0.05, 0.1) is 12.7 Å². The van der Waals surface area contributed by atoms with Crippen molar-refractivity contribution < 1.29 is 4.74 Å². The summed E-state index contributed by atoms with van der Waals surface area (Å²) in [4.78, 5) is 4.13. The molecule has 3 rings (SSSR count). The number of nitrogens with one attached hydrogen (secondary N) is 1. The monoisotopic (exact) mass is 266 g/mol. The quantitative estimate of drug-likeness (QED) is 0.853. The fraction of sp³-hybridized carbons (Fsp3) is 0.714. The van der Waals surface area contributed by atoms with E-state index in [-0.39, 0.29) is 0 Å². The smallest absolute Gasteiger partial charge is 0.0712 e. The Morgan fingerprint density at radius 1 is 1.44 bits per heavy atom. The predicted octanol–water partition coefficient (Wildman–Crippen LogP) is 2.09. The minimum absolute atomic E-state index is 0.420. The zero-order valence-electron chi connectivity index (χ0n) is 10.8. The molecule has 2 aliphatic rings. The van der Waals surface area contributed by atoms with Crippen molar-refractivity contribution in [2.45, 2.75) is 38.0 Å². The lowest BCUT2D eigenvalue weighted by atomic mass is 10.2. The van der Waals surface area contributed by atoms with Gasteiger partial charge in [0.1, 0.15) is 0 Å². The first-order valence-corrected chi connectivity index (χ1v) is 7.88. The highest BCUT2D eigenvalue weighted by molar-refractivity contribution is 7.09. The van der Waals surface area contributed by atoms with E-state index in [1.165, 1.54) is 24.3 Å². The van der Waals surface area contributed by atoms with Gasteiger partial charge in [-0.15, -0.1) is 11.3 Å². The standard InChI is InChI=1S/C14H22N2OS/c1-2-14(18-9-1)11-16(12-3-4-12)7-5-13-10-15-6-8-17-13/h1-2,9,12-13,15H,3-8,10-11H2. The molecule has 2 fully saturated rings. The maximum Gasteiger partial charge on any atom is 0.0712 e. The molecule has 1 saturated heterocycles. The Hall–Kier alpha value is -0.420. The normalized spacial score (nSPS) is 24.6. The maximum absolute atomic E-state index is 5.78. The first-order valence-electron chi connectivity index (χ1n) is 7.00. The third-order valence-corrected chi connectivity index (χ3v) is 4.61. The average Bonchev–Trinajstić information content (AvgIpc) is 3.13. The van der Waals surface area contributed by atoms with Crippen molar-refractivity contribution in [3.8, 4) is 0 Å². The molecule has 0 spiro atoms. The van der Waals surface area contributed by atoms with Gasteiger partial charge in [-0.2, -0.15) is 0 Å². The number of nitrogens with zero attached hydrogens (tertiary/aromatic N) is 1. The molecule has 3 nitrogen and oxygen atoms in total. The van der Waals surface area contributed by atoms with E-state index in [1.54, 1.807) is 0 Å². The van der Waals surface area contributed by atoms with Crippen LogP contribution in [0.5, 0.6) is 0 Å². The zero-order chi connectivity index (χ0) is 12.2. The van der Waals surface area contributed by atoms with E-state index >= 15 is 0 Å². The van der Waals surface area contributed by atoms with E-state index in [0.717, 1.165) is 38.7 Å². The van der Waals surface area contributed by atoms with Gasteiger partial charge in [0.2, 0.25) is 0 Å². The van der Waals surface area contributed by atoms with Crippen LogP contribution in [-0.4, -0.2) is 43.3 Å². The third-order valence-electron chi connectivity index (χ3n) is 3.74. The van der Waals surface area contributed by atoms with Crippen molar-refractivity contribution in [2.75, 3.05) is 26.2 Å². The molecule has 1 saturated carbocycles. The number of ether oxygens (including phenoxy) is 1. The van der Waals surface area contributed by atoms with Crippen LogP contribution < -0.4 is 5.32 Å². The molecule has 0 aromatic carbocycles. The predicted molar refractivity (Wildman–Crippen MR) is 75.0 cm³/mol. The Labute approximate surface area is 113 Å². The Bertz CT molecular complexity index is 345. The Kier molecular flexibility index (Phi) is 4.31. The van der Waals surface area contributed by atoms with Crippen LogP contribution in [0.4, 0.5) is 0 Å². The summed E-state index contributed by atoms with van der Waals surface area (Å²) in [7, 11) is 0. The van der Waals surface area contributed by atoms with Crippen LogP contribution in [0.15, 0.2) is 17.5 Å². The molecular weight excluding hydrogens is 244 g/mol. The van der Waals surface area contributed by atoms with E-state index in [9.17, 15) is 0 Å². The summed E-state index contributed by atoms with van der Waals surface area (Å²) in [5, 5.41) is 5.58. The molecular formula is C14H22N2OS. The van der Waals surface area contributed by atoms with Gasteiger partial charge < -0.3 is 10.1 Å². The summed E-state index contributed by atoms with van der Waals surface area (Å²) in [6, 6.07) is 5.24. The highest BCUT2D eigenvalue weighted by atomic mass is 32.1. The lowest BCUT2D eigenvalue weighted by molar-refractivity contribution is 0.0164. The lowest BCUT2D eigenvalue weighted by Crippen LogP contribution is -2.40. The fourth-order valence-electron chi connectivity index (χ4n) is 2.55. The van der Waals surface area contributed by atoms with Crippen LogP contribution in [-0.2, 0) is 11.3 Å². The fourth-order valence-corrected chi connectivity index (χ4v) is 3.28. The first kappa shape index (κ1) is 12.6. The van der Waals surface area contributed by atoms with Crippen LogP contribution in [0.1, 0.15) is 24.1 Å². The molecule has 1 aromatic heterocycles. The molecule has 0 amide bonds. The van der Waals surface area contributed by atoms with Gasteiger partial charge in [-0.05, 0) is 30.7 Å². The Morgan fingerprint density at radius 3 is 3.06 bits per heavy atom. The van der Waals surface area contributed by atoms with Crippen molar-refractivity contribution in [3.05, 3.63) is 22.4 Å². The van der Waals surface area contributed by atoms with E-state index < -0.39 is 0 Å². The summed E-state index contributed by atoms with van der Waals surface area (Å²) in [6.45, 7) is 5.21. The van der Waals surface area contributed by atoms with Gasteiger partial charge in [0, 0.05) is 37.1 Å². The minimum atomic E-state index is 0.420. The number of thiophene rings is 1. The molecule has 1 aliphatic heterocycles. The van der Waals surface area contributed by atoms with Crippen molar-refractivity contribution in [1.29, 1.82) is 0 Å².